The number of aromatic nitrogens is 4. The molecule has 1 fully saturated rings. The summed E-state index contributed by atoms with van der Waals surface area (Å²) in [5.41, 5.74) is -0.494. The number of carboxylic acids is 1. The van der Waals surface area contributed by atoms with Gasteiger partial charge in [0.15, 0.2) is 17.4 Å². The van der Waals surface area contributed by atoms with Crippen molar-refractivity contribution in [2.75, 3.05) is 18.5 Å². The van der Waals surface area contributed by atoms with E-state index in [-0.39, 0.29) is 30.1 Å². The van der Waals surface area contributed by atoms with Crippen molar-refractivity contribution in [3.8, 4) is 0 Å². The van der Waals surface area contributed by atoms with E-state index >= 15 is 0 Å². The first-order chi connectivity index (χ1) is 11.9. The third-order valence-corrected chi connectivity index (χ3v) is 3.85. The number of carboxylic acid groups (broad SMARTS) is 1. The summed E-state index contributed by atoms with van der Waals surface area (Å²) in [6.45, 7) is -0.441. The van der Waals surface area contributed by atoms with Gasteiger partial charge in [0.25, 0.3) is 5.56 Å². The van der Waals surface area contributed by atoms with E-state index in [0.29, 0.717) is 0 Å². The number of hydrogen-bond acceptors (Lipinski definition) is 9. The van der Waals surface area contributed by atoms with Gasteiger partial charge in [-0.05, 0) is 0 Å². The van der Waals surface area contributed by atoms with Gasteiger partial charge in [-0.1, -0.05) is 0 Å². The zero-order valence-corrected chi connectivity index (χ0v) is 12.9. The molecule has 2 aromatic heterocycles. The Kier molecular flexibility index (Phi) is 4.67. The number of anilines is 1. The third-order valence-electron chi connectivity index (χ3n) is 3.85. The molecule has 25 heavy (non-hydrogen) atoms. The van der Waals surface area contributed by atoms with Crippen molar-refractivity contribution in [3.63, 3.8) is 0 Å². The summed E-state index contributed by atoms with van der Waals surface area (Å²) in [6.07, 6.45) is -3.66. The molecule has 0 radical (unpaired) electrons. The molecule has 4 atom stereocenters. The average Bonchev–Trinajstić information content (AvgIpc) is 3.10. The van der Waals surface area contributed by atoms with Gasteiger partial charge in [0.1, 0.15) is 18.3 Å². The SMILES string of the molecule is O=C(O)CCNc1nc2c(ncn2[C@@H]2O[C@H](CO)[C@@H](O)[C@H]2O)c(=O)[nH]1. The van der Waals surface area contributed by atoms with Crippen LogP contribution in [0.5, 0.6) is 0 Å². The summed E-state index contributed by atoms with van der Waals surface area (Å²) in [4.78, 5) is 33.1. The van der Waals surface area contributed by atoms with Gasteiger partial charge < -0.3 is 30.5 Å². The molecule has 0 unspecified atom stereocenters. The van der Waals surface area contributed by atoms with Crippen LogP contribution < -0.4 is 10.9 Å². The first kappa shape index (κ1) is 17.3. The number of carbonyl (C=O) groups is 1. The zero-order valence-electron chi connectivity index (χ0n) is 12.9. The maximum absolute atomic E-state index is 12.1. The van der Waals surface area contributed by atoms with E-state index in [4.69, 9.17) is 14.9 Å². The zero-order chi connectivity index (χ0) is 18.1. The molecule has 1 aliphatic rings. The van der Waals surface area contributed by atoms with Gasteiger partial charge in [-0.3, -0.25) is 19.1 Å². The standard InChI is InChI=1S/C13H17N5O7/c19-3-5-8(22)9(23)12(25-5)18-4-15-7-10(18)16-13(17-11(7)24)14-2-1-6(20)21/h4-5,8-9,12,19,22-23H,1-3H2,(H,20,21)(H2,14,16,17,24)/t5-,8-,9-,12-/m1/s1. The van der Waals surface area contributed by atoms with Gasteiger partial charge in [0, 0.05) is 6.54 Å². The highest BCUT2D eigenvalue weighted by atomic mass is 16.6. The Bertz CT molecular complexity index is 834. The Hall–Kier alpha value is -2.54. The number of rotatable bonds is 6. The summed E-state index contributed by atoms with van der Waals surface area (Å²) in [7, 11) is 0. The van der Waals surface area contributed by atoms with E-state index < -0.39 is 42.7 Å². The Labute approximate surface area is 139 Å². The number of nitrogens with zero attached hydrogens (tertiary/aromatic N) is 3. The molecule has 3 heterocycles. The Morgan fingerprint density at radius 1 is 1.40 bits per heavy atom. The molecule has 0 saturated carbocycles. The van der Waals surface area contributed by atoms with Crippen molar-refractivity contribution in [1.29, 1.82) is 0 Å². The molecule has 3 rings (SSSR count). The van der Waals surface area contributed by atoms with Crippen LogP contribution in [0.3, 0.4) is 0 Å². The number of H-pyrrole nitrogens is 1. The van der Waals surface area contributed by atoms with E-state index in [9.17, 15) is 19.8 Å². The van der Waals surface area contributed by atoms with Crippen molar-refractivity contribution >= 4 is 23.1 Å². The largest absolute Gasteiger partial charge is 0.481 e. The minimum atomic E-state index is -1.35. The van der Waals surface area contributed by atoms with Crippen LogP contribution in [0.1, 0.15) is 12.6 Å². The summed E-state index contributed by atoms with van der Waals surface area (Å²) >= 11 is 0. The highest BCUT2D eigenvalue weighted by molar-refractivity contribution is 5.71. The topological polar surface area (TPSA) is 183 Å². The molecule has 12 nitrogen and oxygen atoms in total. The van der Waals surface area contributed by atoms with Crippen molar-refractivity contribution in [3.05, 3.63) is 16.7 Å². The minimum Gasteiger partial charge on any atom is -0.481 e. The van der Waals surface area contributed by atoms with E-state index in [1.165, 1.54) is 10.9 Å². The normalized spacial score (nSPS) is 26.2. The van der Waals surface area contributed by atoms with E-state index in [1.54, 1.807) is 0 Å². The van der Waals surface area contributed by atoms with Crippen LogP contribution in [0.15, 0.2) is 11.1 Å². The summed E-state index contributed by atoms with van der Waals surface area (Å²) in [6, 6.07) is 0. The average molecular weight is 355 g/mol. The molecule has 0 aromatic carbocycles. The lowest BCUT2D eigenvalue weighted by Gasteiger charge is -2.16. The van der Waals surface area contributed by atoms with Gasteiger partial charge in [0.2, 0.25) is 5.95 Å². The molecule has 0 amide bonds. The van der Waals surface area contributed by atoms with E-state index in [2.05, 4.69) is 20.3 Å². The number of aliphatic hydroxyl groups excluding tert-OH is 3. The molecule has 12 heteroatoms. The highest BCUT2D eigenvalue weighted by Gasteiger charge is 2.44. The summed E-state index contributed by atoms with van der Waals surface area (Å²) in [5, 5.41) is 40.4. The fourth-order valence-corrected chi connectivity index (χ4v) is 2.59. The lowest BCUT2D eigenvalue weighted by atomic mass is 10.1. The molecule has 6 N–H and O–H groups in total. The Balaban J connectivity index is 1.93. The van der Waals surface area contributed by atoms with Crippen LogP contribution >= 0.6 is 0 Å². The molecule has 0 bridgehead atoms. The summed E-state index contributed by atoms with van der Waals surface area (Å²) in [5.74, 6) is -0.972. The second-order valence-electron chi connectivity index (χ2n) is 5.54. The first-order valence-electron chi connectivity index (χ1n) is 7.47. The molecule has 136 valence electrons. The van der Waals surface area contributed by atoms with Gasteiger partial charge in [-0.15, -0.1) is 0 Å². The van der Waals surface area contributed by atoms with E-state index in [0.717, 1.165) is 0 Å². The predicted octanol–water partition coefficient (Wildman–Crippen LogP) is -2.38. The second kappa shape index (κ2) is 6.76. The predicted molar refractivity (Wildman–Crippen MR) is 81.9 cm³/mol. The number of ether oxygens (including phenoxy) is 1. The summed E-state index contributed by atoms with van der Waals surface area (Å²) < 4.78 is 6.68. The quantitative estimate of drug-likeness (QED) is 0.327. The molecule has 1 aliphatic heterocycles. The van der Waals surface area contributed by atoms with Crippen LogP contribution in [0.2, 0.25) is 0 Å². The fraction of sp³-hybridized carbons (Fsp3) is 0.538. The third kappa shape index (κ3) is 3.19. The minimum absolute atomic E-state index is 0.0125. The molecular weight excluding hydrogens is 338 g/mol. The highest BCUT2D eigenvalue weighted by Crippen LogP contribution is 2.30. The van der Waals surface area contributed by atoms with Gasteiger partial charge >= 0.3 is 5.97 Å². The van der Waals surface area contributed by atoms with E-state index in [1.807, 2.05) is 0 Å². The Morgan fingerprint density at radius 3 is 2.80 bits per heavy atom. The van der Waals surface area contributed by atoms with Crippen LogP contribution in [0, 0.1) is 0 Å². The number of aliphatic hydroxyl groups is 3. The monoisotopic (exact) mass is 355 g/mol. The number of fused-ring (bicyclic) bond motifs is 1. The van der Waals surface area contributed by atoms with Crippen molar-refractivity contribution in [1.82, 2.24) is 19.5 Å². The van der Waals surface area contributed by atoms with Crippen LogP contribution in [0.4, 0.5) is 5.95 Å². The molecule has 0 spiro atoms. The van der Waals surface area contributed by atoms with Gasteiger partial charge in [0.05, 0.1) is 19.4 Å². The molecule has 2 aromatic rings. The number of hydrogen-bond donors (Lipinski definition) is 6. The number of aromatic amines is 1. The lowest BCUT2D eigenvalue weighted by Crippen LogP contribution is -2.33. The molecule has 0 aliphatic carbocycles. The Morgan fingerprint density at radius 2 is 2.16 bits per heavy atom. The van der Waals surface area contributed by atoms with Crippen LogP contribution in [-0.2, 0) is 9.53 Å². The maximum atomic E-state index is 12.1. The second-order valence-corrected chi connectivity index (χ2v) is 5.54. The van der Waals surface area contributed by atoms with Crippen molar-refractivity contribution in [2.24, 2.45) is 0 Å². The number of nitrogens with one attached hydrogen (secondary N) is 2. The van der Waals surface area contributed by atoms with Gasteiger partial charge in [-0.2, -0.15) is 4.98 Å². The van der Waals surface area contributed by atoms with Gasteiger partial charge in [-0.25, -0.2) is 4.98 Å². The van der Waals surface area contributed by atoms with Crippen molar-refractivity contribution < 1.29 is 30.0 Å². The molecular formula is C13H17N5O7. The maximum Gasteiger partial charge on any atom is 0.305 e. The first-order valence-corrected chi connectivity index (χ1v) is 7.47. The number of aliphatic carboxylic acids is 1. The van der Waals surface area contributed by atoms with Crippen molar-refractivity contribution in [2.45, 2.75) is 31.0 Å². The van der Waals surface area contributed by atoms with Crippen LogP contribution in [0.25, 0.3) is 11.2 Å². The lowest BCUT2D eigenvalue weighted by molar-refractivity contribution is -0.136. The van der Waals surface area contributed by atoms with Crippen LogP contribution in [-0.4, -0.2) is 77.4 Å². The fourth-order valence-electron chi connectivity index (χ4n) is 2.59. The smallest absolute Gasteiger partial charge is 0.305 e. The number of imidazole rings is 1. The molecule has 1 saturated heterocycles.